The van der Waals surface area contributed by atoms with Gasteiger partial charge in [0.25, 0.3) is 0 Å². The van der Waals surface area contributed by atoms with Gasteiger partial charge in [-0.15, -0.1) is 0 Å². The van der Waals surface area contributed by atoms with Crippen LogP contribution in [0.4, 0.5) is 0 Å². The van der Waals surface area contributed by atoms with E-state index in [0.717, 1.165) is 0 Å². The summed E-state index contributed by atoms with van der Waals surface area (Å²) in [5, 5.41) is 15.3. The van der Waals surface area contributed by atoms with Crippen molar-refractivity contribution in [3.63, 3.8) is 0 Å². The summed E-state index contributed by atoms with van der Waals surface area (Å²) in [5.74, 6) is -0.324. The van der Waals surface area contributed by atoms with Gasteiger partial charge >= 0.3 is 5.97 Å². The Morgan fingerprint density at radius 2 is 2.00 bits per heavy atom. The molecule has 1 amide bonds. The lowest BCUT2D eigenvalue weighted by molar-refractivity contribution is -0.159. The average molecular weight is 260 g/mol. The second kappa shape index (κ2) is 8.05. The summed E-state index contributed by atoms with van der Waals surface area (Å²) in [6.45, 7) is 6.51. The molecule has 0 fully saturated rings. The number of hydrogen-bond donors (Lipinski definition) is 3. The monoisotopic (exact) mass is 260 g/mol. The molecule has 0 radical (unpaired) electrons. The fourth-order valence-corrected chi connectivity index (χ4v) is 1.23. The third kappa shape index (κ3) is 7.24. The first-order valence-corrected chi connectivity index (χ1v) is 6.07. The summed E-state index contributed by atoms with van der Waals surface area (Å²) in [4.78, 5) is 22.5. The quantitative estimate of drug-likeness (QED) is 0.410. The first-order valence-electron chi connectivity index (χ1n) is 6.07. The molecule has 0 rings (SSSR count). The minimum absolute atomic E-state index is 0.0473. The standard InChI is InChI=1S/C12H24N2O4/c1-9(2)7-14-10(15)5-6-13-8-12(3,17)11(16)18-4/h9,13,17H,5-8H2,1-4H3,(H,14,15). The zero-order valence-corrected chi connectivity index (χ0v) is 11.6. The molecule has 0 bridgehead atoms. The lowest BCUT2D eigenvalue weighted by Gasteiger charge is -2.20. The average Bonchev–Trinajstić information content (AvgIpc) is 2.30. The number of ether oxygens (including phenoxy) is 1. The van der Waals surface area contributed by atoms with E-state index in [1.165, 1.54) is 14.0 Å². The van der Waals surface area contributed by atoms with Gasteiger partial charge in [-0.2, -0.15) is 0 Å². The Kier molecular flexibility index (Phi) is 7.54. The Morgan fingerprint density at radius 1 is 1.39 bits per heavy atom. The van der Waals surface area contributed by atoms with Crippen molar-refractivity contribution in [3.8, 4) is 0 Å². The Bertz CT molecular complexity index is 277. The van der Waals surface area contributed by atoms with Gasteiger partial charge in [0, 0.05) is 26.1 Å². The minimum atomic E-state index is -1.57. The summed E-state index contributed by atoms with van der Waals surface area (Å²) < 4.78 is 4.45. The van der Waals surface area contributed by atoms with E-state index >= 15 is 0 Å². The van der Waals surface area contributed by atoms with Crippen molar-refractivity contribution >= 4 is 11.9 Å². The number of carbonyl (C=O) groups excluding carboxylic acids is 2. The van der Waals surface area contributed by atoms with Crippen molar-refractivity contribution < 1.29 is 19.4 Å². The lowest BCUT2D eigenvalue weighted by atomic mass is 10.1. The molecule has 0 spiro atoms. The number of aliphatic hydroxyl groups is 1. The van der Waals surface area contributed by atoms with Crippen LogP contribution in [0.2, 0.25) is 0 Å². The molecule has 18 heavy (non-hydrogen) atoms. The maximum atomic E-state index is 11.4. The van der Waals surface area contributed by atoms with Crippen molar-refractivity contribution in [3.05, 3.63) is 0 Å². The maximum Gasteiger partial charge on any atom is 0.338 e. The molecule has 0 aromatic rings. The van der Waals surface area contributed by atoms with Crippen LogP contribution in [-0.2, 0) is 14.3 Å². The second-order valence-corrected chi connectivity index (χ2v) is 4.89. The molecule has 0 heterocycles. The highest BCUT2D eigenvalue weighted by Crippen LogP contribution is 2.03. The molecule has 0 aromatic heterocycles. The molecule has 1 unspecified atom stereocenters. The number of hydrogen-bond acceptors (Lipinski definition) is 5. The second-order valence-electron chi connectivity index (χ2n) is 4.89. The molecular formula is C12H24N2O4. The van der Waals surface area contributed by atoms with Crippen molar-refractivity contribution in [2.45, 2.75) is 32.8 Å². The van der Waals surface area contributed by atoms with Crippen LogP contribution in [0.1, 0.15) is 27.2 Å². The minimum Gasteiger partial charge on any atom is -0.467 e. The summed E-state index contributed by atoms with van der Waals surface area (Å²) >= 11 is 0. The smallest absolute Gasteiger partial charge is 0.338 e. The first-order chi connectivity index (χ1) is 8.29. The highest BCUT2D eigenvalue weighted by atomic mass is 16.5. The van der Waals surface area contributed by atoms with Crippen molar-refractivity contribution in [2.24, 2.45) is 5.92 Å². The van der Waals surface area contributed by atoms with Gasteiger partial charge in [0.2, 0.25) is 5.91 Å². The van der Waals surface area contributed by atoms with Gasteiger partial charge in [-0.3, -0.25) is 4.79 Å². The topological polar surface area (TPSA) is 87.7 Å². The van der Waals surface area contributed by atoms with Crippen LogP contribution in [0.3, 0.4) is 0 Å². The molecule has 6 heteroatoms. The number of methoxy groups -OCH3 is 1. The number of rotatable bonds is 8. The van der Waals surface area contributed by atoms with Gasteiger partial charge in [-0.25, -0.2) is 4.79 Å². The first kappa shape index (κ1) is 16.9. The molecule has 3 N–H and O–H groups in total. The van der Waals surface area contributed by atoms with Crippen LogP contribution >= 0.6 is 0 Å². The van der Waals surface area contributed by atoms with E-state index in [1.54, 1.807) is 0 Å². The van der Waals surface area contributed by atoms with E-state index in [-0.39, 0.29) is 12.5 Å². The molecule has 0 saturated heterocycles. The number of amides is 1. The zero-order chi connectivity index (χ0) is 14.2. The Labute approximate surface area is 108 Å². The van der Waals surface area contributed by atoms with E-state index in [4.69, 9.17) is 0 Å². The molecule has 0 aliphatic rings. The van der Waals surface area contributed by atoms with Crippen LogP contribution in [-0.4, -0.2) is 49.3 Å². The van der Waals surface area contributed by atoms with Crippen molar-refractivity contribution in [2.75, 3.05) is 26.7 Å². The van der Waals surface area contributed by atoms with Crippen LogP contribution in [0.5, 0.6) is 0 Å². The summed E-state index contributed by atoms with van der Waals surface area (Å²) in [6, 6.07) is 0. The van der Waals surface area contributed by atoms with Crippen molar-refractivity contribution in [1.29, 1.82) is 0 Å². The fourth-order valence-electron chi connectivity index (χ4n) is 1.23. The van der Waals surface area contributed by atoms with Gasteiger partial charge < -0.3 is 20.5 Å². The molecular weight excluding hydrogens is 236 g/mol. The van der Waals surface area contributed by atoms with E-state index < -0.39 is 11.6 Å². The predicted molar refractivity (Wildman–Crippen MR) is 68.0 cm³/mol. The van der Waals surface area contributed by atoms with Crippen LogP contribution in [0.25, 0.3) is 0 Å². The van der Waals surface area contributed by atoms with Gasteiger partial charge in [0.05, 0.1) is 7.11 Å². The summed E-state index contributed by atoms with van der Waals surface area (Å²) in [5.41, 5.74) is -1.57. The fraction of sp³-hybridized carbons (Fsp3) is 0.833. The lowest BCUT2D eigenvalue weighted by Crippen LogP contribution is -2.46. The van der Waals surface area contributed by atoms with Gasteiger partial charge in [0.1, 0.15) is 0 Å². The zero-order valence-electron chi connectivity index (χ0n) is 11.6. The third-order valence-corrected chi connectivity index (χ3v) is 2.33. The highest BCUT2D eigenvalue weighted by molar-refractivity contribution is 5.79. The van der Waals surface area contributed by atoms with Crippen LogP contribution in [0.15, 0.2) is 0 Å². The number of esters is 1. The summed E-state index contributed by atoms with van der Waals surface area (Å²) in [6.07, 6.45) is 0.309. The SMILES string of the molecule is COC(=O)C(C)(O)CNCCC(=O)NCC(C)C. The Morgan fingerprint density at radius 3 is 2.50 bits per heavy atom. The third-order valence-electron chi connectivity index (χ3n) is 2.33. The van der Waals surface area contributed by atoms with Gasteiger partial charge in [-0.1, -0.05) is 13.8 Å². The highest BCUT2D eigenvalue weighted by Gasteiger charge is 2.30. The number of nitrogens with one attached hydrogen (secondary N) is 2. The molecule has 6 nitrogen and oxygen atoms in total. The molecule has 0 aliphatic carbocycles. The predicted octanol–water partition coefficient (Wildman–Crippen LogP) is -0.338. The maximum absolute atomic E-state index is 11.4. The molecule has 0 aliphatic heterocycles. The Balaban J connectivity index is 3.73. The van der Waals surface area contributed by atoms with E-state index in [9.17, 15) is 14.7 Å². The largest absolute Gasteiger partial charge is 0.467 e. The Hall–Kier alpha value is -1.14. The van der Waals surface area contributed by atoms with Crippen LogP contribution in [0, 0.1) is 5.92 Å². The van der Waals surface area contributed by atoms with Crippen molar-refractivity contribution in [1.82, 2.24) is 10.6 Å². The van der Waals surface area contributed by atoms with Crippen LogP contribution < -0.4 is 10.6 Å². The van der Waals surface area contributed by atoms with Gasteiger partial charge in [-0.05, 0) is 12.8 Å². The van der Waals surface area contributed by atoms with Gasteiger partial charge in [0.15, 0.2) is 5.60 Å². The van der Waals surface area contributed by atoms with E-state index in [0.29, 0.717) is 25.4 Å². The van der Waals surface area contributed by atoms with E-state index in [1.807, 2.05) is 13.8 Å². The van der Waals surface area contributed by atoms with E-state index in [2.05, 4.69) is 15.4 Å². The summed E-state index contributed by atoms with van der Waals surface area (Å²) in [7, 11) is 1.22. The molecule has 0 aromatic carbocycles. The normalized spacial score (nSPS) is 14.1. The molecule has 0 saturated carbocycles. The molecule has 1 atom stereocenters. The number of carbonyl (C=O) groups is 2. The molecule has 106 valence electrons.